The van der Waals surface area contributed by atoms with Crippen LogP contribution in [-0.2, 0) is 5.41 Å². The highest BCUT2D eigenvalue weighted by molar-refractivity contribution is 5.85. The Morgan fingerprint density at radius 2 is 1.44 bits per heavy atom. The lowest BCUT2D eigenvalue weighted by Gasteiger charge is -2.19. The maximum atomic E-state index is 5.80. The zero-order valence-corrected chi connectivity index (χ0v) is 11.9. The first kappa shape index (κ1) is 14.6. The second kappa shape index (κ2) is 5.45. The summed E-state index contributed by atoms with van der Waals surface area (Å²) in [4.78, 5) is 0. The lowest BCUT2D eigenvalue weighted by molar-refractivity contribution is 0.590. The van der Waals surface area contributed by atoms with Gasteiger partial charge in [-0.2, -0.15) is 0 Å². The Kier molecular flexibility index (Phi) is 4.42. The summed E-state index contributed by atoms with van der Waals surface area (Å²) >= 11 is 0. The van der Waals surface area contributed by atoms with Crippen LogP contribution in [0.25, 0.3) is 11.1 Å². The molecule has 0 aliphatic rings. The Morgan fingerprint density at radius 3 is 1.94 bits per heavy atom. The van der Waals surface area contributed by atoms with Gasteiger partial charge < -0.3 is 5.73 Å². The number of hydrogen-bond donors (Lipinski definition) is 1. The highest BCUT2D eigenvalue weighted by Gasteiger charge is 2.12. The fourth-order valence-corrected chi connectivity index (χ4v) is 1.88. The fourth-order valence-electron chi connectivity index (χ4n) is 1.88. The van der Waals surface area contributed by atoms with Gasteiger partial charge in [-0.1, -0.05) is 57.2 Å². The topological polar surface area (TPSA) is 26.0 Å². The average molecular weight is 262 g/mol. The molecule has 0 saturated heterocycles. The van der Waals surface area contributed by atoms with Crippen LogP contribution in [0.1, 0.15) is 26.3 Å². The Bertz CT molecular complexity index is 509. The summed E-state index contributed by atoms with van der Waals surface area (Å²) in [6, 6.07) is 16.7. The predicted molar refractivity (Wildman–Crippen MR) is 82.2 cm³/mol. The van der Waals surface area contributed by atoms with Gasteiger partial charge >= 0.3 is 0 Å². The van der Waals surface area contributed by atoms with Crippen LogP contribution >= 0.6 is 12.4 Å². The van der Waals surface area contributed by atoms with Gasteiger partial charge in [0.2, 0.25) is 0 Å². The van der Waals surface area contributed by atoms with Crippen molar-refractivity contribution in [1.29, 1.82) is 0 Å². The average Bonchev–Trinajstić information content (AvgIpc) is 2.28. The molecule has 96 valence electrons. The molecular weight excluding hydrogens is 242 g/mol. The molecule has 2 N–H and O–H groups in total. The minimum Gasteiger partial charge on any atom is -0.399 e. The SMILES string of the molecule is CC(C)(C)c1ccc(-c2cccc(N)c2)cc1.Cl. The number of hydrogen-bond acceptors (Lipinski definition) is 1. The van der Waals surface area contributed by atoms with E-state index in [-0.39, 0.29) is 17.8 Å². The van der Waals surface area contributed by atoms with Crippen LogP contribution in [-0.4, -0.2) is 0 Å². The van der Waals surface area contributed by atoms with Crippen molar-refractivity contribution in [3.8, 4) is 11.1 Å². The second-order valence-electron chi connectivity index (χ2n) is 5.45. The van der Waals surface area contributed by atoms with Crippen LogP contribution in [0.15, 0.2) is 48.5 Å². The monoisotopic (exact) mass is 261 g/mol. The third kappa shape index (κ3) is 3.27. The van der Waals surface area contributed by atoms with E-state index in [1.165, 1.54) is 16.7 Å². The van der Waals surface area contributed by atoms with Crippen LogP contribution in [0.5, 0.6) is 0 Å². The minimum atomic E-state index is 0. The van der Waals surface area contributed by atoms with Gasteiger partial charge in [-0.15, -0.1) is 12.4 Å². The molecule has 0 amide bonds. The Labute approximate surface area is 115 Å². The van der Waals surface area contributed by atoms with Crippen molar-refractivity contribution in [2.75, 3.05) is 5.73 Å². The van der Waals surface area contributed by atoms with Crippen molar-refractivity contribution in [2.24, 2.45) is 0 Å². The van der Waals surface area contributed by atoms with Gasteiger partial charge in [-0.05, 0) is 34.2 Å². The summed E-state index contributed by atoms with van der Waals surface area (Å²) in [6.07, 6.45) is 0. The van der Waals surface area contributed by atoms with Crippen molar-refractivity contribution in [3.63, 3.8) is 0 Å². The van der Waals surface area contributed by atoms with Crippen LogP contribution in [0.3, 0.4) is 0 Å². The molecule has 0 bridgehead atoms. The maximum Gasteiger partial charge on any atom is 0.0320 e. The van der Waals surface area contributed by atoms with Crippen LogP contribution in [0, 0.1) is 0 Å². The summed E-state index contributed by atoms with van der Waals surface area (Å²) in [5, 5.41) is 0. The van der Waals surface area contributed by atoms with E-state index in [0.717, 1.165) is 5.69 Å². The number of benzene rings is 2. The summed E-state index contributed by atoms with van der Waals surface area (Å²) in [5.74, 6) is 0. The molecule has 0 aliphatic carbocycles. The number of nitrogens with two attached hydrogens (primary N) is 1. The summed E-state index contributed by atoms with van der Waals surface area (Å²) in [6.45, 7) is 6.67. The lowest BCUT2D eigenvalue weighted by Crippen LogP contribution is -2.10. The second-order valence-corrected chi connectivity index (χ2v) is 5.45. The molecule has 0 saturated carbocycles. The molecule has 0 spiro atoms. The van der Waals surface area contributed by atoms with E-state index in [4.69, 9.17) is 5.73 Å². The molecule has 0 aliphatic heterocycles. The van der Waals surface area contributed by atoms with Crippen molar-refractivity contribution < 1.29 is 0 Å². The molecule has 0 radical (unpaired) electrons. The third-order valence-corrected chi connectivity index (χ3v) is 2.97. The molecular formula is C16H20ClN. The molecule has 2 rings (SSSR count). The number of nitrogen functional groups attached to an aromatic ring is 1. The third-order valence-electron chi connectivity index (χ3n) is 2.97. The van der Waals surface area contributed by atoms with Gasteiger partial charge in [0.15, 0.2) is 0 Å². The van der Waals surface area contributed by atoms with E-state index < -0.39 is 0 Å². The molecule has 1 nitrogen and oxygen atoms in total. The maximum absolute atomic E-state index is 5.80. The Morgan fingerprint density at radius 1 is 0.833 bits per heavy atom. The van der Waals surface area contributed by atoms with Crippen molar-refractivity contribution >= 4 is 18.1 Å². The van der Waals surface area contributed by atoms with Gasteiger partial charge in [0.1, 0.15) is 0 Å². The predicted octanol–water partition coefficient (Wildman–Crippen LogP) is 4.66. The van der Waals surface area contributed by atoms with E-state index in [1.54, 1.807) is 0 Å². The minimum absolute atomic E-state index is 0. The molecule has 0 atom stereocenters. The van der Waals surface area contributed by atoms with E-state index in [9.17, 15) is 0 Å². The van der Waals surface area contributed by atoms with Crippen LogP contribution in [0.2, 0.25) is 0 Å². The van der Waals surface area contributed by atoms with Gasteiger partial charge in [0.25, 0.3) is 0 Å². The molecule has 18 heavy (non-hydrogen) atoms. The number of halogens is 1. The highest BCUT2D eigenvalue weighted by atomic mass is 35.5. The first-order valence-corrected chi connectivity index (χ1v) is 5.93. The van der Waals surface area contributed by atoms with E-state index in [1.807, 2.05) is 18.2 Å². The summed E-state index contributed by atoms with van der Waals surface area (Å²) in [7, 11) is 0. The van der Waals surface area contributed by atoms with Crippen molar-refractivity contribution in [2.45, 2.75) is 26.2 Å². The van der Waals surface area contributed by atoms with Gasteiger partial charge in [0.05, 0.1) is 0 Å². The molecule has 0 unspecified atom stereocenters. The number of anilines is 1. The lowest BCUT2D eigenvalue weighted by atomic mass is 9.86. The first-order valence-electron chi connectivity index (χ1n) is 5.93. The number of rotatable bonds is 1. The zero-order chi connectivity index (χ0) is 12.5. The Hall–Kier alpha value is -1.47. The van der Waals surface area contributed by atoms with Gasteiger partial charge in [-0.25, -0.2) is 0 Å². The van der Waals surface area contributed by atoms with Gasteiger partial charge in [0, 0.05) is 5.69 Å². The summed E-state index contributed by atoms with van der Waals surface area (Å²) in [5.41, 5.74) is 10.5. The Balaban J connectivity index is 0.00000162. The summed E-state index contributed by atoms with van der Waals surface area (Å²) < 4.78 is 0. The molecule has 0 heterocycles. The highest BCUT2D eigenvalue weighted by Crippen LogP contribution is 2.26. The smallest absolute Gasteiger partial charge is 0.0320 e. The molecule has 0 aromatic heterocycles. The normalized spacial score (nSPS) is 10.8. The van der Waals surface area contributed by atoms with Crippen molar-refractivity contribution in [3.05, 3.63) is 54.1 Å². The van der Waals surface area contributed by atoms with Crippen LogP contribution < -0.4 is 5.73 Å². The molecule has 0 fully saturated rings. The quantitative estimate of drug-likeness (QED) is 0.743. The fraction of sp³-hybridized carbons (Fsp3) is 0.250. The largest absolute Gasteiger partial charge is 0.399 e. The van der Waals surface area contributed by atoms with E-state index in [0.29, 0.717) is 0 Å². The van der Waals surface area contributed by atoms with Gasteiger partial charge in [-0.3, -0.25) is 0 Å². The zero-order valence-electron chi connectivity index (χ0n) is 11.1. The van der Waals surface area contributed by atoms with Crippen LogP contribution in [0.4, 0.5) is 5.69 Å². The standard InChI is InChI=1S/C16H19N.ClH/c1-16(2,3)14-9-7-12(8-10-14)13-5-4-6-15(17)11-13;/h4-11H,17H2,1-3H3;1H. The molecule has 2 heteroatoms. The van der Waals surface area contributed by atoms with Crippen molar-refractivity contribution in [1.82, 2.24) is 0 Å². The first-order chi connectivity index (χ1) is 7.97. The molecule has 2 aromatic carbocycles. The van der Waals surface area contributed by atoms with E-state index in [2.05, 4.69) is 51.1 Å². The van der Waals surface area contributed by atoms with E-state index >= 15 is 0 Å². The molecule has 2 aromatic rings.